The van der Waals surface area contributed by atoms with Gasteiger partial charge in [0, 0.05) is 36.1 Å². The molecule has 0 atom stereocenters. The van der Waals surface area contributed by atoms with Gasteiger partial charge in [-0.15, -0.1) is 0 Å². The first kappa shape index (κ1) is 22.5. The molecule has 0 radical (unpaired) electrons. The zero-order valence-electron chi connectivity index (χ0n) is 16.2. The van der Waals surface area contributed by atoms with E-state index in [-0.39, 0.29) is 24.8 Å². The molecular formula is C21H22ClF2N3O2S. The lowest BCUT2D eigenvalue weighted by atomic mass is 10.1. The lowest BCUT2D eigenvalue weighted by Gasteiger charge is -2.34. The van der Waals surface area contributed by atoms with Gasteiger partial charge in [-0.25, -0.2) is 0 Å². The van der Waals surface area contributed by atoms with E-state index >= 15 is 0 Å². The molecule has 0 unspecified atom stereocenters. The van der Waals surface area contributed by atoms with Crippen LogP contribution in [-0.2, 0) is 16.0 Å². The summed E-state index contributed by atoms with van der Waals surface area (Å²) in [5, 5.41) is 3.28. The van der Waals surface area contributed by atoms with Gasteiger partial charge in [-0.3, -0.25) is 14.5 Å². The molecule has 0 spiro atoms. The molecule has 2 aromatic carbocycles. The van der Waals surface area contributed by atoms with Crippen molar-refractivity contribution in [1.82, 2.24) is 9.80 Å². The Morgan fingerprint density at radius 2 is 1.70 bits per heavy atom. The van der Waals surface area contributed by atoms with E-state index in [1.165, 1.54) is 0 Å². The second kappa shape index (κ2) is 10.7. The highest BCUT2D eigenvalue weighted by Crippen LogP contribution is 2.31. The normalized spacial score (nSPS) is 14.7. The van der Waals surface area contributed by atoms with Crippen LogP contribution in [0.5, 0.6) is 0 Å². The van der Waals surface area contributed by atoms with E-state index in [9.17, 15) is 18.4 Å². The summed E-state index contributed by atoms with van der Waals surface area (Å²) in [5.74, 6) is -2.82. The SMILES string of the molecule is O=C(CN1CCN(C(=O)Cc2ccccc2Cl)CC1)Nc1ccccc1SC(F)F. The molecule has 2 amide bonds. The zero-order valence-corrected chi connectivity index (χ0v) is 17.8. The van der Waals surface area contributed by atoms with E-state index in [4.69, 9.17) is 11.6 Å². The zero-order chi connectivity index (χ0) is 21.5. The van der Waals surface area contributed by atoms with Gasteiger partial charge in [0.25, 0.3) is 5.76 Å². The summed E-state index contributed by atoms with van der Waals surface area (Å²) in [6.45, 7) is 2.31. The highest BCUT2D eigenvalue weighted by molar-refractivity contribution is 7.99. The predicted octanol–water partition coefficient (Wildman–Crippen LogP) is 3.98. The number of rotatable bonds is 7. The molecular weight excluding hydrogens is 432 g/mol. The summed E-state index contributed by atoms with van der Waals surface area (Å²) in [4.78, 5) is 28.9. The van der Waals surface area contributed by atoms with E-state index in [2.05, 4.69) is 5.32 Å². The number of nitrogens with zero attached hydrogens (tertiary/aromatic N) is 2. The summed E-state index contributed by atoms with van der Waals surface area (Å²) in [5.41, 5.74) is 1.17. The van der Waals surface area contributed by atoms with Gasteiger partial charge in [-0.1, -0.05) is 53.7 Å². The summed E-state index contributed by atoms with van der Waals surface area (Å²) < 4.78 is 25.3. The number of halogens is 3. The number of anilines is 1. The molecule has 3 rings (SSSR count). The van der Waals surface area contributed by atoms with Gasteiger partial charge in [-0.2, -0.15) is 8.78 Å². The van der Waals surface area contributed by atoms with Crippen LogP contribution in [0, 0.1) is 0 Å². The van der Waals surface area contributed by atoms with Crippen molar-refractivity contribution in [2.75, 3.05) is 38.0 Å². The Hall–Kier alpha value is -2.16. The van der Waals surface area contributed by atoms with E-state index in [0.29, 0.717) is 53.5 Å². The molecule has 1 aliphatic rings. The Morgan fingerprint density at radius 1 is 1.03 bits per heavy atom. The van der Waals surface area contributed by atoms with Gasteiger partial charge < -0.3 is 10.2 Å². The third-order valence-corrected chi connectivity index (χ3v) is 5.93. The van der Waals surface area contributed by atoms with Crippen LogP contribution in [0.25, 0.3) is 0 Å². The largest absolute Gasteiger partial charge is 0.340 e. The van der Waals surface area contributed by atoms with Crippen LogP contribution < -0.4 is 5.32 Å². The van der Waals surface area contributed by atoms with E-state index in [1.54, 1.807) is 35.2 Å². The van der Waals surface area contributed by atoms with Crippen molar-refractivity contribution in [1.29, 1.82) is 0 Å². The summed E-state index contributed by atoms with van der Waals surface area (Å²) in [6.07, 6.45) is 0.249. The van der Waals surface area contributed by atoms with E-state index in [0.717, 1.165) is 5.56 Å². The Balaban J connectivity index is 1.47. The van der Waals surface area contributed by atoms with Gasteiger partial charge in [0.05, 0.1) is 18.7 Å². The first-order valence-electron chi connectivity index (χ1n) is 9.49. The third kappa shape index (κ3) is 6.42. The van der Waals surface area contributed by atoms with Crippen LogP contribution in [0.15, 0.2) is 53.4 Å². The minimum atomic E-state index is -2.56. The maximum Gasteiger partial charge on any atom is 0.288 e. The fourth-order valence-electron chi connectivity index (χ4n) is 3.23. The highest BCUT2D eigenvalue weighted by atomic mass is 35.5. The quantitative estimate of drug-likeness (QED) is 0.644. The molecule has 1 fully saturated rings. The van der Waals surface area contributed by atoms with Crippen LogP contribution in [0.1, 0.15) is 5.56 Å². The molecule has 0 saturated carbocycles. The second-order valence-corrected chi connectivity index (χ2v) is 8.29. The van der Waals surface area contributed by atoms with Crippen molar-refractivity contribution in [2.24, 2.45) is 0 Å². The number of amides is 2. The molecule has 5 nitrogen and oxygen atoms in total. The number of para-hydroxylation sites is 1. The van der Waals surface area contributed by atoms with Crippen LogP contribution in [0.3, 0.4) is 0 Å². The maximum atomic E-state index is 12.7. The van der Waals surface area contributed by atoms with Gasteiger partial charge in [0.15, 0.2) is 0 Å². The molecule has 0 aliphatic carbocycles. The fraction of sp³-hybridized carbons (Fsp3) is 0.333. The molecule has 9 heteroatoms. The number of thioether (sulfide) groups is 1. The van der Waals surface area contributed by atoms with Gasteiger partial charge in [0.2, 0.25) is 11.8 Å². The predicted molar refractivity (Wildman–Crippen MR) is 115 cm³/mol. The van der Waals surface area contributed by atoms with Gasteiger partial charge >= 0.3 is 0 Å². The summed E-state index contributed by atoms with van der Waals surface area (Å²) in [6, 6.07) is 13.8. The van der Waals surface area contributed by atoms with Crippen molar-refractivity contribution < 1.29 is 18.4 Å². The highest BCUT2D eigenvalue weighted by Gasteiger charge is 2.23. The Kier molecular flexibility index (Phi) is 8.07. The Labute approximate surface area is 183 Å². The summed E-state index contributed by atoms with van der Waals surface area (Å²) >= 11 is 6.53. The molecule has 0 aromatic heterocycles. The van der Waals surface area contributed by atoms with Crippen molar-refractivity contribution in [3.63, 3.8) is 0 Å². The number of nitrogens with one attached hydrogen (secondary N) is 1. The minimum absolute atomic E-state index is 0.00477. The van der Waals surface area contributed by atoms with Crippen molar-refractivity contribution in [3.05, 3.63) is 59.1 Å². The lowest BCUT2D eigenvalue weighted by molar-refractivity contribution is -0.132. The molecule has 30 heavy (non-hydrogen) atoms. The number of alkyl halides is 2. The molecule has 1 heterocycles. The standard InChI is InChI=1S/C21H22ClF2N3O2S/c22-16-6-2-1-5-15(16)13-20(29)27-11-9-26(10-12-27)14-19(28)25-17-7-3-4-8-18(17)30-21(23)24/h1-8,21H,9-14H2,(H,25,28). The van der Waals surface area contributed by atoms with Crippen molar-refractivity contribution in [2.45, 2.75) is 17.1 Å². The first-order chi connectivity index (χ1) is 14.4. The molecule has 1 aliphatic heterocycles. The van der Waals surface area contributed by atoms with Gasteiger partial charge in [0.1, 0.15) is 0 Å². The van der Waals surface area contributed by atoms with Crippen LogP contribution in [-0.4, -0.2) is 60.1 Å². The Bertz CT molecular complexity index is 892. The van der Waals surface area contributed by atoms with Crippen LogP contribution >= 0.6 is 23.4 Å². The van der Waals surface area contributed by atoms with Crippen LogP contribution in [0.4, 0.5) is 14.5 Å². The number of hydrogen-bond donors (Lipinski definition) is 1. The van der Waals surface area contributed by atoms with Crippen LogP contribution in [0.2, 0.25) is 5.02 Å². The van der Waals surface area contributed by atoms with E-state index < -0.39 is 5.76 Å². The number of piperazine rings is 1. The molecule has 2 aromatic rings. The number of benzene rings is 2. The molecule has 1 N–H and O–H groups in total. The van der Waals surface area contributed by atoms with Crippen molar-refractivity contribution >= 4 is 40.9 Å². The Morgan fingerprint density at radius 3 is 2.40 bits per heavy atom. The average molecular weight is 454 g/mol. The smallest absolute Gasteiger partial charge is 0.288 e. The monoisotopic (exact) mass is 453 g/mol. The first-order valence-corrected chi connectivity index (χ1v) is 10.8. The number of carbonyl (C=O) groups is 2. The average Bonchev–Trinajstić information content (AvgIpc) is 2.71. The third-order valence-electron chi connectivity index (χ3n) is 4.77. The van der Waals surface area contributed by atoms with Crippen molar-refractivity contribution in [3.8, 4) is 0 Å². The number of hydrogen-bond acceptors (Lipinski definition) is 4. The molecule has 0 bridgehead atoms. The van der Waals surface area contributed by atoms with E-state index in [1.807, 2.05) is 23.1 Å². The lowest BCUT2D eigenvalue weighted by Crippen LogP contribution is -2.50. The molecule has 1 saturated heterocycles. The topological polar surface area (TPSA) is 52.7 Å². The van der Waals surface area contributed by atoms with Gasteiger partial charge in [-0.05, 0) is 23.8 Å². The second-order valence-electron chi connectivity index (χ2n) is 6.85. The molecule has 160 valence electrons. The fourth-order valence-corrected chi connectivity index (χ4v) is 4.03. The minimum Gasteiger partial charge on any atom is -0.340 e. The maximum absolute atomic E-state index is 12.7. The summed E-state index contributed by atoms with van der Waals surface area (Å²) in [7, 11) is 0. The number of carbonyl (C=O) groups excluding carboxylic acids is 2.